The summed E-state index contributed by atoms with van der Waals surface area (Å²) in [7, 11) is 0. The Hall–Kier alpha value is -3.52. The number of aryl methyl sites for hydroxylation is 1. The number of amides is 1. The molecule has 0 aliphatic carbocycles. The van der Waals surface area contributed by atoms with Gasteiger partial charge in [-0.3, -0.25) is 4.79 Å². The molecule has 0 atom stereocenters. The van der Waals surface area contributed by atoms with E-state index in [1.54, 1.807) is 30.3 Å². The molecule has 0 saturated heterocycles. The minimum Gasteiger partial charge on any atom is -0.483 e. The first-order chi connectivity index (χ1) is 16.2. The standard InChI is InChI=1S/C26H24BrFN2O4/c1-16(2)21-13-22(27)17(3)12-24(21)33-15-25(31)30-29-14-18-8-10-19(11-9-18)34-26(32)20-6-4-5-7-23(20)28/h4-14,16H,15H2,1-3H3,(H,30,31)/b29-14-. The van der Waals surface area contributed by atoms with Crippen LogP contribution >= 0.6 is 15.9 Å². The highest BCUT2D eigenvalue weighted by Gasteiger charge is 2.14. The van der Waals surface area contributed by atoms with E-state index in [0.29, 0.717) is 11.3 Å². The van der Waals surface area contributed by atoms with Gasteiger partial charge in [0, 0.05) is 4.47 Å². The summed E-state index contributed by atoms with van der Waals surface area (Å²) in [5.74, 6) is -0.673. The Labute approximate surface area is 205 Å². The predicted octanol–water partition coefficient (Wildman–Crippen LogP) is 5.77. The molecule has 0 aliphatic heterocycles. The van der Waals surface area contributed by atoms with Gasteiger partial charge in [-0.1, -0.05) is 41.9 Å². The number of hydrogen-bond acceptors (Lipinski definition) is 5. The number of carbonyl (C=O) groups excluding carboxylic acids is 2. The molecular formula is C26H24BrFN2O4. The van der Waals surface area contributed by atoms with Crippen LogP contribution in [0.4, 0.5) is 4.39 Å². The molecule has 6 nitrogen and oxygen atoms in total. The molecule has 34 heavy (non-hydrogen) atoms. The van der Waals surface area contributed by atoms with E-state index in [-0.39, 0.29) is 23.8 Å². The van der Waals surface area contributed by atoms with Gasteiger partial charge in [-0.05, 0) is 78.1 Å². The summed E-state index contributed by atoms with van der Waals surface area (Å²) in [4.78, 5) is 24.2. The van der Waals surface area contributed by atoms with Crippen LogP contribution in [0.15, 0.2) is 70.2 Å². The zero-order valence-electron chi connectivity index (χ0n) is 19.0. The fourth-order valence-electron chi connectivity index (χ4n) is 3.01. The third kappa shape index (κ3) is 6.74. The van der Waals surface area contributed by atoms with Gasteiger partial charge in [-0.25, -0.2) is 14.6 Å². The molecule has 0 radical (unpaired) electrons. The molecule has 1 N–H and O–H groups in total. The van der Waals surface area contributed by atoms with Crippen LogP contribution in [0.2, 0.25) is 0 Å². The maximum atomic E-state index is 13.7. The number of hydrazone groups is 1. The Morgan fingerprint density at radius 2 is 1.82 bits per heavy atom. The van der Waals surface area contributed by atoms with E-state index in [2.05, 4.69) is 40.3 Å². The van der Waals surface area contributed by atoms with Crippen molar-refractivity contribution in [1.29, 1.82) is 0 Å². The molecule has 0 bridgehead atoms. The molecule has 0 fully saturated rings. The van der Waals surface area contributed by atoms with Gasteiger partial charge in [0.2, 0.25) is 0 Å². The molecule has 0 unspecified atom stereocenters. The van der Waals surface area contributed by atoms with Gasteiger partial charge in [0.1, 0.15) is 17.3 Å². The van der Waals surface area contributed by atoms with E-state index in [1.165, 1.54) is 24.4 Å². The van der Waals surface area contributed by atoms with Gasteiger partial charge in [-0.2, -0.15) is 5.10 Å². The summed E-state index contributed by atoms with van der Waals surface area (Å²) in [5.41, 5.74) is 4.96. The van der Waals surface area contributed by atoms with Crippen LogP contribution in [0.3, 0.4) is 0 Å². The third-order valence-corrected chi connectivity index (χ3v) is 5.71. The third-order valence-electron chi connectivity index (χ3n) is 4.86. The van der Waals surface area contributed by atoms with Crippen molar-refractivity contribution in [2.24, 2.45) is 5.10 Å². The molecule has 0 aliphatic rings. The van der Waals surface area contributed by atoms with Crippen LogP contribution in [-0.2, 0) is 4.79 Å². The maximum Gasteiger partial charge on any atom is 0.346 e. The lowest BCUT2D eigenvalue weighted by molar-refractivity contribution is -0.123. The summed E-state index contributed by atoms with van der Waals surface area (Å²) >= 11 is 3.52. The number of hydrogen-bond donors (Lipinski definition) is 1. The number of nitrogens with zero attached hydrogens (tertiary/aromatic N) is 1. The Morgan fingerprint density at radius 1 is 1.12 bits per heavy atom. The number of benzene rings is 3. The number of esters is 1. The molecule has 0 heterocycles. The topological polar surface area (TPSA) is 77.0 Å². The summed E-state index contributed by atoms with van der Waals surface area (Å²) in [6.45, 7) is 5.89. The predicted molar refractivity (Wildman–Crippen MR) is 132 cm³/mol. The lowest BCUT2D eigenvalue weighted by Gasteiger charge is -2.15. The van der Waals surface area contributed by atoms with Crippen molar-refractivity contribution in [3.63, 3.8) is 0 Å². The van der Waals surface area contributed by atoms with E-state index >= 15 is 0 Å². The molecule has 3 rings (SSSR count). The zero-order valence-corrected chi connectivity index (χ0v) is 20.6. The highest BCUT2D eigenvalue weighted by molar-refractivity contribution is 9.10. The van der Waals surface area contributed by atoms with Crippen molar-refractivity contribution in [2.75, 3.05) is 6.61 Å². The van der Waals surface area contributed by atoms with E-state index in [9.17, 15) is 14.0 Å². The average molecular weight is 527 g/mol. The lowest BCUT2D eigenvalue weighted by Crippen LogP contribution is -2.25. The smallest absolute Gasteiger partial charge is 0.346 e. The van der Waals surface area contributed by atoms with E-state index in [1.807, 2.05) is 19.1 Å². The summed E-state index contributed by atoms with van der Waals surface area (Å²) < 4.78 is 25.6. The van der Waals surface area contributed by atoms with Gasteiger partial charge in [0.15, 0.2) is 6.61 Å². The average Bonchev–Trinajstić information content (AvgIpc) is 2.80. The molecule has 3 aromatic rings. The van der Waals surface area contributed by atoms with Gasteiger partial charge in [0.05, 0.1) is 11.8 Å². The van der Waals surface area contributed by atoms with Crippen LogP contribution in [-0.4, -0.2) is 24.7 Å². The highest BCUT2D eigenvalue weighted by Crippen LogP contribution is 2.32. The van der Waals surface area contributed by atoms with E-state index in [0.717, 1.165) is 15.6 Å². The van der Waals surface area contributed by atoms with Gasteiger partial charge >= 0.3 is 5.97 Å². The fourth-order valence-corrected chi connectivity index (χ4v) is 3.37. The lowest BCUT2D eigenvalue weighted by atomic mass is 10.0. The maximum absolute atomic E-state index is 13.7. The Bertz CT molecular complexity index is 1210. The number of rotatable bonds is 8. The molecule has 0 spiro atoms. The van der Waals surface area contributed by atoms with Crippen molar-refractivity contribution in [2.45, 2.75) is 26.7 Å². The van der Waals surface area contributed by atoms with Gasteiger partial charge < -0.3 is 9.47 Å². The van der Waals surface area contributed by atoms with Crippen molar-refractivity contribution in [3.05, 3.63) is 93.2 Å². The first-order valence-corrected chi connectivity index (χ1v) is 11.4. The molecule has 1 amide bonds. The number of halogens is 2. The summed E-state index contributed by atoms with van der Waals surface area (Å²) in [5, 5.41) is 3.92. The molecule has 176 valence electrons. The number of ether oxygens (including phenoxy) is 2. The number of carbonyl (C=O) groups is 2. The number of nitrogens with one attached hydrogen (secondary N) is 1. The van der Waals surface area contributed by atoms with Crippen LogP contribution in [0.1, 0.15) is 46.8 Å². The van der Waals surface area contributed by atoms with Crippen LogP contribution < -0.4 is 14.9 Å². The quantitative estimate of drug-likeness (QED) is 0.175. The summed E-state index contributed by atoms with van der Waals surface area (Å²) in [6, 6.07) is 15.9. The van der Waals surface area contributed by atoms with Gasteiger partial charge in [-0.15, -0.1) is 0 Å². The molecule has 0 aromatic heterocycles. The zero-order chi connectivity index (χ0) is 24.7. The van der Waals surface area contributed by atoms with Crippen molar-refractivity contribution >= 4 is 34.0 Å². The Kier molecular flexibility index (Phi) is 8.54. The second-order valence-electron chi connectivity index (χ2n) is 7.81. The van der Waals surface area contributed by atoms with Crippen LogP contribution in [0.25, 0.3) is 0 Å². The van der Waals surface area contributed by atoms with Crippen LogP contribution in [0, 0.1) is 12.7 Å². The monoisotopic (exact) mass is 526 g/mol. The largest absolute Gasteiger partial charge is 0.483 e. The minimum atomic E-state index is -0.784. The van der Waals surface area contributed by atoms with Gasteiger partial charge in [0.25, 0.3) is 5.91 Å². The second-order valence-corrected chi connectivity index (χ2v) is 8.67. The van der Waals surface area contributed by atoms with E-state index < -0.39 is 17.7 Å². The van der Waals surface area contributed by atoms with Crippen molar-refractivity contribution in [1.82, 2.24) is 5.43 Å². The summed E-state index contributed by atoms with van der Waals surface area (Å²) in [6.07, 6.45) is 1.45. The van der Waals surface area contributed by atoms with E-state index in [4.69, 9.17) is 9.47 Å². The molecular weight excluding hydrogens is 503 g/mol. The molecule has 3 aromatic carbocycles. The van der Waals surface area contributed by atoms with Crippen molar-refractivity contribution < 1.29 is 23.5 Å². The Morgan fingerprint density at radius 3 is 2.50 bits per heavy atom. The molecule has 8 heteroatoms. The second kappa shape index (κ2) is 11.6. The molecule has 0 saturated carbocycles. The first kappa shape index (κ1) is 25.1. The van der Waals surface area contributed by atoms with Crippen LogP contribution in [0.5, 0.6) is 11.5 Å². The first-order valence-electron chi connectivity index (χ1n) is 10.6. The fraction of sp³-hybridized carbons (Fsp3) is 0.192. The SMILES string of the molecule is Cc1cc(OCC(=O)N/N=C\c2ccc(OC(=O)c3ccccc3F)cc2)c(C(C)C)cc1Br. The minimum absolute atomic E-state index is 0.142. The normalized spacial score (nSPS) is 11.0. The Balaban J connectivity index is 1.52. The highest BCUT2D eigenvalue weighted by atomic mass is 79.9. The van der Waals surface area contributed by atoms with Crippen molar-refractivity contribution in [3.8, 4) is 11.5 Å².